The first-order valence-electron chi connectivity index (χ1n) is 10.1. The maximum absolute atomic E-state index is 13.2. The fourth-order valence-corrected chi connectivity index (χ4v) is 6.57. The largest absolute Gasteiger partial charge is 0.352 e. The zero-order chi connectivity index (χ0) is 20.0. The molecule has 0 radical (unpaired) electrons. The van der Waals surface area contributed by atoms with E-state index in [1.165, 1.54) is 48.8 Å². The Bertz CT molecular complexity index is 1080. The third-order valence-electron chi connectivity index (χ3n) is 5.68. The molecule has 29 heavy (non-hydrogen) atoms. The molecule has 5 rings (SSSR count). The number of fused-ring (bicyclic) bond motifs is 1. The molecule has 0 aromatic carbocycles. The van der Waals surface area contributed by atoms with E-state index in [2.05, 4.69) is 5.32 Å². The van der Waals surface area contributed by atoms with Gasteiger partial charge < -0.3 is 5.32 Å². The van der Waals surface area contributed by atoms with Crippen molar-refractivity contribution in [2.45, 2.75) is 50.4 Å². The molecule has 152 valence electrons. The maximum atomic E-state index is 13.2. The number of amides is 1. The van der Waals surface area contributed by atoms with Crippen LogP contribution in [0.15, 0.2) is 32.8 Å². The van der Waals surface area contributed by atoms with Crippen molar-refractivity contribution in [2.75, 3.05) is 5.75 Å². The minimum absolute atomic E-state index is 0.0149. The summed E-state index contributed by atoms with van der Waals surface area (Å²) in [6.07, 6.45) is 4.97. The molecule has 1 amide bonds. The van der Waals surface area contributed by atoms with E-state index < -0.39 is 0 Å². The molecule has 2 saturated carbocycles. The topological polar surface area (TPSA) is 64.0 Å². The van der Waals surface area contributed by atoms with Gasteiger partial charge in [-0.25, -0.2) is 4.98 Å². The summed E-state index contributed by atoms with van der Waals surface area (Å²) in [5.41, 5.74) is 0.949. The van der Waals surface area contributed by atoms with Gasteiger partial charge in [0, 0.05) is 28.4 Å². The van der Waals surface area contributed by atoms with Crippen molar-refractivity contribution < 1.29 is 4.79 Å². The lowest BCUT2D eigenvalue weighted by atomic mass is 10.1. The molecule has 2 aliphatic carbocycles. The van der Waals surface area contributed by atoms with Crippen LogP contribution in [-0.4, -0.2) is 27.3 Å². The van der Waals surface area contributed by atoms with Gasteiger partial charge in [-0.3, -0.25) is 14.2 Å². The summed E-state index contributed by atoms with van der Waals surface area (Å²) in [6.45, 7) is 2.49. The number of aromatic nitrogens is 2. The van der Waals surface area contributed by atoms with Gasteiger partial charge in [-0.1, -0.05) is 17.8 Å². The normalized spacial score (nSPS) is 16.6. The second-order valence-corrected chi connectivity index (χ2v) is 10.6. The van der Waals surface area contributed by atoms with Crippen LogP contribution in [-0.2, 0) is 11.3 Å². The summed E-state index contributed by atoms with van der Waals surface area (Å²) in [7, 11) is 0. The van der Waals surface area contributed by atoms with Crippen molar-refractivity contribution in [1.82, 2.24) is 14.9 Å². The van der Waals surface area contributed by atoms with Crippen LogP contribution in [0.25, 0.3) is 20.7 Å². The molecule has 0 saturated heterocycles. The van der Waals surface area contributed by atoms with Gasteiger partial charge in [0.15, 0.2) is 5.16 Å². The molecule has 0 spiro atoms. The molecule has 2 fully saturated rings. The van der Waals surface area contributed by atoms with Crippen molar-refractivity contribution >= 4 is 50.6 Å². The van der Waals surface area contributed by atoms with Gasteiger partial charge in [-0.2, -0.15) is 0 Å². The molecule has 0 unspecified atom stereocenters. The number of hydrogen-bond acceptors (Lipinski definition) is 6. The average molecular weight is 446 g/mol. The standard InChI is InChI=1S/C21H23N3O2S3/c1-2-24-20(26)17-14(15-4-3-9-27-15)10-28-19(17)23-21(24)29-11-16(25)22-18(12-5-6-12)13-7-8-13/h3-4,9-10,12-13,18H,2,5-8,11H2,1H3,(H,22,25). The lowest BCUT2D eigenvalue weighted by Crippen LogP contribution is -2.39. The van der Waals surface area contributed by atoms with Crippen LogP contribution in [0.3, 0.4) is 0 Å². The number of hydrogen-bond donors (Lipinski definition) is 1. The highest BCUT2D eigenvalue weighted by molar-refractivity contribution is 7.99. The monoisotopic (exact) mass is 445 g/mol. The van der Waals surface area contributed by atoms with Gasteiger partial charge >= 0.3 is 0 Å². The Morgan fingerprint density at radius 3 is 2.69 bits per heavy atom. The Balaban J connectivity index is 1.37. The number of thioether (sulfide) groups is 1. The summed E-state index contributed by atoms with van der Waals surface area (Å²) >= 11 is 4.50. The van der Waals surface area contributed by atoms with Crippen LogP contribution in [0.5, 0.6) is 0 Å². The Labute approximate surface area is 181 Å². The lowest BCUT2D eigenvalue weighted by Gasteiger charge is -2.17. The zero-order valence-corrected chi connectivity index (χ0v) is 18.7. The first-order chi connectivity index (χ1) is 14.2. The van der Waals surface area contributed by atoms with Crippen molar-refractivity contribution in [3.8, 4) is 10.4 Å². The highest BCUT2D eigenvalue weighted by Crippen LogP contribution is 2.44. The smallest absolute Gasteiger partial charge is 0.263 e. The number of rotatable bonds is 8. The third-order valence-corrected chi connectivity index (χ3v) is 8.43. The Morgan fingerprint density at radius 2 is 2.07 bits per heavy atom. The number of carbonyl (C=O) groups is 1. The van der Waals surface area contributed by atoms with Crippen molar-refractivity contribution in [3.05, 3.63) is 33.2 Å². The molecule has 3 aromatic rings. The summed E-state index contributed by atoms with van der Waals surface area (Å²) < 4.78 is 1.70. The van der Waals surface area contributed by atoms with Crippen LogP contribution >= 0.6 is 34.4 Å². The molecular weight excluding hydrogens is 422 g/mol. The highest BCUT2D eigenvalue weighted by atomic mass is 32.2. The van der Waals surface area contributed by atoms with Gasteiger partial charge in [0.05, 0.1) is 11.1 Å². The van der Waals surface area contributed by atoms with Crippen molar-refractivity contribution in [2.24, 2.45) is 11.8 Å². The van der Waals surface area contributed by atoms with E-state index in [0.717, 1.165) is 15.3 Å². The van der Waals surface area contributed by atoms with E-state index in [9.17, 15) is 9.59 Å². The second-order valence-electron chi connectivity index (χ2n) is 7.81. The number of thiophene rings is 2. The average Bonchev–Trinajstić information content (AvgIpc) is 3.64. The summed E-state index contributed by atoms with van der Waals surface area (Å²) in [5.74, 6) is 1.72. The van der Waals surface area contributed by atoms with Gasteiger partial charge in [-0.05, 0) is 55.9 Å². The maximum Gasteiger partial charge on any atom is 0.263 e. The van der Waals surface area contributed by atoms with E-state index in [0.29, 0.717) is 40.7 Å². The molecule has 5 nitrogen and oxygen atoms in total. The van der Waals surface area contributed by atoms with Gasteiger partial charge in [-0.15, -0.1) is 22.7 Å². The van der Waals surface area contributed by atoms with Gasteiger partial charge in [0.1, 0.15) is 4.83 Å². The lowest BCUT2D eigenvalue weighted by molar-refractivity contribution is -0.119. The number of carbonyl (C=O) groups excluding carboxylic acids is 1. The molecular formula is C21H23N3O2S3. The third kappa shape index (κ3) is 3.90. The van der Waals surface area contributed by atoms with E-state index in [1.807, 2.05) is 29.8 Å². The van der Waals surface area contributed by atoms with Crippen LogP contribution in [0.1, 0.15) is 32.6 Å². The summed E-state index contributed by atoms with van der Waals surface area (Å²) in [5, 5.41) is 8.61. The van der Waals surface area contributed by atoms with Crippen LogP contribution < -0.4 is 10.9 Å². The van der Waals surface area contributed by atoms with Crippen LogP contribution in [0, 0.1) is 11.8 Å². The molecule has 3 heterocycles. The molecule has 0 bridgehead atoms. The minimum Gasteiger partial charge on any atom is -0.352 e. The minimum atomic E-state index is -0.0149. The summed E-state index contributed by atoms with van der Waals surface area (Å²) in [6, 6.07) is 4.39. The second kappa shape index (κ2) is 7.89. The quantitative estimate of drug-likeness (QED) is 0.406. The van der Waals surface area contributed by atoms with Gasteiger partial charge in [0.25, 0.3) is 5.56 Å². The molecule has 0 atom stereocenters. The Hall–Kier alpha value is -1.64. The summed E-state index contributed by atoms with van der Waals surface area (Å²) in [4.78, 5) is 32.3. The van der Waals surface area contributed by atoms with Crippen LogP contribution in [0.4, 0.5) is 0 Å². The molecule has 3 aromatic heterocycles. The highest BCUT2D eigenvalue weighted by Gasteiger charge is 2.42. The van der Waals surface area contributed by atoms with E-state index in [4.69, 9.17) is 4.98 Å². The molecule has 2 aliphatic rings. The van der Waals surface area contributed by atoms with E-state index in [-0.39, 0.29) is 11.5 Å². The SMILES string of the molecule is CCn1c(SCC(=O)NC(C2CC2)C2CC2)nc2scc(-c3cccs3)c2c1=O. The van der Waals surface area contributed by atoms with Gasteiger partial charge in [0.2, 0.25) is 5.91 Å². The predicted octanol–water partition coefficient (Wildman–Crippen LogP) is 4.60. The first kappa shape index (κ1) is 19.3. The number of nitrogens with one attached hydrogen (secondary N) is 1. The fourth-order valence-electron chi connectivity index (χ4n) is 3.90. The Kier molecular flexibility index (Phi) is 5.26. The molecule has 8 heteroatoms. The fraction of sp³-hybridized carbons (Fsp3) is 0.476. The first-order valence-corrected chi connectivity index (χ1v) is 12.9. The Morgan fingerprint density at radius 1 is 1.31 bits per heavy atom. The van der Waals surface area contributed by atoms with E-state index >= 15 is 0 Å². The van der Waals surface area contributed by atoms with Crippen molar-refractivity contribution in [1.29, 1.82) is 0 Å². The predicted molar refractivity (Wildman–Crippen MR) is 121 cm³/mol. The zero-order valence-electron chi connectivity index (χ0n) is 16.2. The van der Waals surface area contributed by atoms with Crippen molar-refractivity contribution in [3.63, 3.8) is 0 Å². The number of nitrogens with zero attached hydrogens (tertiary/aromatic N) is 2. The molecule has 0 aliphatic heterocycles. The van der Waals surface area contributed by atoms with Crippen LogP contribution in [0.2, 0.25) is 0 Å². The molecule has 1 N–H and O–H groups in total. The van der Waals surface area contributed by atoms with E-state index in [1.54, 1.807) is 15.9 Å².